The molecule has 4 nitrogen and oxygen atoms in total. The molecule has 1 amide bonds. The van der Waals surface area contributed by atoms with Gasteiger partial charge in [0.15, 0.2) is 0 Å². The van der Waals surface area contributed by atoms with Gasteiger partial charge in [0.25, 0.3) is 5.91 Å². The Morgan fingerprint density at radius 3 is 2.64 bits per heavy atom. The van der Waals surface area contributed by atoms with Crippen molar-refractivity contribution in [2.24, 2.45) is 0 Å². The van der Waals surface area contributed by atoms with E-state index in [-0.39, 0.29) is 15.9 Å². The van der Waals surface area contributed by atoms with Crippen molar-refractivity contribution in [1.29, 1.82) is 0 Å². The van der Waals surface area contributed by atoms with Crippen LogP contribution in [0.4, 0.5) is 0 Å². The van der Waals surface area contributed by atoms with Gasteiger partial charge < -0.3 is 5.32 Å². The molecule has 6 heteroatoms. The largest absolute Gasteiger partial charge is 0.345 e. The first-order valence-corrected chi connectivity index (χ1v) is 5.45. The highest BCUT2D eigenvalue weighted by atomic mass is 35.5. The van der Waals surface area contributed by atoms with Crippen molar-refractivity contribution in [3.63, 3.8) is 0 Å². The Morgan fingerprint density at radius 2 is 2.21 bits per heavy atom. The smallest absolute Gasteiger partial charge is 0.282 e. The lowest BCUT2D eigenvalue weighted by atomic mass is 10.0. The van der Waals surface area contributed by atoms with E-state index in [1.807, 2.05) is 20.8 Å². The molecule has 0 saturated carbocycles. The van der Waals surface area contributed by atoms with Crippen molar-refractivity contribution >= 4 is 28.8 Å². The first kappa shape index (κ1) is 11.4. The zero-order valence-corrected chi connectivity index (χ0v) is 9.87. The Bertz CT molecular complexity index is 337. The highest BCUT2D eigenvalue weighted by molar-refractivity contribution is 7.17. The van der Waals surface area contributed by atoms with Gasteiger partial charge in [-0.15, -0.1) is 10.2 Å². The summed E-state index contributed by atoms with van der Waals surface area (Å²) in [6, 6.07) is 0. The van der Waals surface area contributed by atoms with Crippen LogP contribution in [0.2, 0.25) is 4.47 Å². The molecule has 0 bridgehead atoms. The average Bonchev–Trinajstić information content (AvgIpc) is 2.51. The van der Waals surface area contributed by atoms with Crippen molar-refractivity contribution < 1.29 is 4.79 Å². The fourth-order valence-electron chi connectivity index (χ4n) is 0.746. The van der Waals surface area contributed by atoms with Gasteiger partial charge in [-0.25, -0.2) is 0 Å². The molecule has 0 aliphatic rings. The lowest BCUT2D eigenvalue weighted by Gasteiger charge is -2.23. The molecule has 0 saturated heterocycles. The normalized spacial score (nSPS) is 11.4. The number of rotatable bonds is 3. The first-order valence-electron chi connectivity index (χ1n) is 4.26. The zero-order valence-electron chi connectivity index (χ0n) is 8.30. The van der Waals surface area contributed by atoms with Crippen molar-refractivity contribution in [3.8, 4) is 0 Å². The van der Waals surface area contributed by atoms with Crippen molar-refractivity contribution in [2.75, 3.05) is 0 Å². The lowest BCUT2D eigenvalue weighted by Crippen LogP contribution is -2.42. The molecule has 0 aromatic carbocycles. The van der Waals surface area contributed by atoms with Crippen LogP contribution in [-0.4, -0.2) is 21.6 Å². The van der Waals surface area contributed by atoms with Gasteiger partial charge in [0.2, 0.25) is 9.47 Å². The summed E-state index contributed by atoms with van der Waals surface area (Å²) in [5.41, 5.74) is -0.227. The molecule has 0 aliphatic heterocycles. The number of hydrogen-bond donors (Lipinski definition) is 1. The molecule has 0 unspecified atom stereocenters. The Kier molecular flexibility index (Phi) is 3.44. The van der Waals surface area contributed by atoms with E-state index in [1.54, 1.807) is 0 Å². The van der Waals surface area contributed by atoms with Crippen molar-refractivity contribution in [1.82, 2.24) is 15.5 Å². The van der Waals surface area contributed by atoms with Crippen LogP contribution in [0, 0.1) is 0 Å². The SMILES string of the molecule is CCC(C)(C)NC(=O)c1nnc(Cl)s1. The summed E-state index contributed by atoms with van der Waals surface area (Å²) in [5, 5.41) is 10.4. The van der Waals surface area contributed by atoms with Gasteiger partial charge in [0.1, 0.15) is 0 Å². The molecule has 0 fully saturated rings. The van der Waals surface area contributed by atoms with Crippen LogP contribution in [0.3, 0.4) is 0 Å². The summed E-state index contributed by atoms with van der Waals surface area (Å²) < 4.78 is 0.282. The molecule has 14 heavy (non-hydrogen) atoms. The number of nitrogens with one attached hydrogen (secondary N) is 1. The number of nitrogens with zero attached hydrogens (tertiary/aromatic N) is 2. The highest BCUT2D eigenvalue weighted by Crippen LogP contribution is 2.16. The minimum atomic E-state index is -0.227. The second-order valence-electron chi connectivity index (χ2n) is 3.55. The Balaban J connectivity index is 2.68. The van der Waals surface area contributed by atoms with Gasteiger partial charge >= 0.3 is 0 Å². The van der Waals surface area contributed by atoms with Crippen LogP contribution in [-0.2, 0) is 0 Å². The van der Waals surface area contributed by atoms with E-state index >= 15 is 0 Å². The summed E-state index contributed by atoms with van der Waals surface area (Å²) in [7, 11) is 0. The Hall–Kier alpha value is -0.680. The lowest BCUT2D eigenvalue weighted by molar-refractivity contribution is 0.0910. The van der Waals surface area contributed by atoms with Crippen LogP contribution < -0.4 is 5.32 Å². The standard InChI is InChI=1S/C8H12ClN3OS/c1-4-8(2,3)10-5(13)6-11-12-7(9)14-6/h4H2,1-3H3,(H,10,13). The molecule has 0 aliphatic carbocycles. The maximum absolute atomic E-state index is 11.6. The third-order valence-corrected chi connectivity index (χ3v) is 2.95. The van der Waals surface area contributed by atoms with E-state index in [4.69, 9.17) is 11.6 Å². The second kappa shape index (κ2) is 4.23. The van der Waals surface area contributed by atoms with E-state index in [1.165, 1.54) is 0 Å². The summed E-state index contributed by atoms with van der Waals surface area (Å²) in [6.45, 7) is 5.91. The molecule has 78 valence electrons. The molecule has 0 radical (unpaired) electrons. The predicted molar refractivity (Wildman–Crippen MR) is 56.8 cm³/mol. The van der Waals surface area contributed by atoms with Gasteiger partial charge in [0, 0.05) is 5.54 Å². The maximum atomic E-state index is 11.6. The molecular weight excluding hydrogens is 222 g/mol. The average molecular weight is 234 g/mol. The topological polar surface area (TPSA) is 54.9 Å². The number of amides is 1. The van der Waals surface area contributed by atoms with Crippen molar-refractivity contribution in [3.05, 3.63) is 9.47 Å². The van der Waals surface area contributed by atoms with Gasteiger partial charge in [-0.1, -0.05) is 18.3 Å². The number of carbonyl (C=O) groups excluding carboxylic acids is 1. The molecule has 0 atom stereocenters. The van der Waals surface area contributed by atoms with E-state index in [9.17, 15) is 4.79 Å². The summed E-state index contributed by atoms with van der Waals surface area (Å²) in [4.78, 5) is 11.6. The fourth-order valence-corrected chi connectivity index (χ4v) is 1.47. The minimum absolute atomic E-state index is 0.221. The first-order chi connectivity index (χ1) is 6.44. The maximum Gasteiger partial charge on any atom is 0.282 e. The van der Waals surface area contributed by atoms with Crippen LogP contribution in [0.5, 0.6) is 0 Å². The molecular formula is C8H12ClN3OS. The second-order valence-corrected chi connectivity index (χ2v) is 5.11. The van der Waals surface area contributed by atoms with Gasteiger partial charge in [0.05, 0.1) is 0 Å². The van der Waals surface area contributed by atoms with Crippen LogP contribution in [0.15, 0.2) is 0 Å². The molecule has 1 heterocycles. The van der Waals surface area contributed by atoms with Gasteiger partial charge in [-0.2, -0.15) is 0 Å². The molecule has 1 aromatic rings. The zero-order chi connectivity index (χ0) is 10.8. The van der Waals surface area contributed by atoms with Gasteiger partial charge in [-0.3, -0.25) is 4.79 Å². The summed E-state index contributed by atoms with van der Waals surface area (Å²) >= 11 is 6.65. The molecule has 1 aromatic heterocycles. The molecule has 1 rings (SSSR count). The van der Waals surface area contributed by atoms with Crippen LogP contribution in [0.1, 0.15) is 37.0 Å². The third-order valence-electron chi connectivity index (χ3n) is 1.93. The van der Waals surface area contributed by atoms with Crippen molar-refractivity contribution in [2.45, 2.75) is 32.7 Å². The van der Waals surface area contributed by atoms with E-state index < -0.39 is 0 Å². The number of hydrogen-bond acceptors (Lipinski definition) is 4. The van der Waals surface area contributed by atoms with Gasteiger partial charge in [-0.05, 0) is 31.9 Å². The predicted octanol–water partition coefficient (Wildman–Crippen LogP) is 2.11. The Labute approximate surface area is 91.7 Å². The van der Waals surface area contributed by atoms with Crippen LogP contribution in [0.25, 0.3) is 0 Å². The van der Waals surface area contributed by atoms with Crippen LogP contribution >= 0.6 is 22.9 Å². The number of halogens is 1. The minimum Gasteiger partial charge on any atom is -0.345 e. The number of aromatic nitrogens is 2. The Morgan fingerprint density at radius 1 is 1.57 bits per heavy atom. The summed E-state index contributed by atoms with van der Waals surface area (Å²) in [5.74, 6) is -0.221. The summed E-state index contributed by atoms with van der Waals surface area (Å²) in [6.07, 6.45) is 0.852. The van der Waals surface area contributed by atoms with E-state index in [2.05, 4.69) is 15.5 Å². The molecule has 0 spiro atoms. The molecule has 1 N–H and O–H groups in total. The van der Waals surface area contributed by atoms with E-state index in [0.29, 0.717) is 5.01 Å². The van der Waals surface area contributed by atoms with E-state index in [0.717, 1.165) is 17.8 Å². The quantitative estimate of drug-likeness (QED) is 0.870. The third kappa shape index (κ3) is 2.92. The monoisotopic (exact) mass is 233 g/mol. The highest BCUT2D eigenvalue weighted by Gasteiger charge is 2.21. The number of carbonyl (C=O) groups is 1. The fraction of sp³-hybridized carbons (Fsp3) is 0.625.